The van der Waals surface area contributed by atoms with Gasteiger partial charge in [-0.25, -0.2) is 4.79 Å². The quantitative estimate of drug-likeness (QED) is 0.408. The number of piperidine rings is 1. The van der Waals surface area contributed by atoms with Crippen LogP contribution in [0.4, 0.5) is 0 Å². The lowest BCUT2D eigenvalue weighted by Gasteiger charge is -2.44. The van der Waals surface area contributed by atoms with Crippen LogP contribution in [0.5, 0.6) is 0 Å². The van der Waals surface area contributed by atoms with Crippen molar-refractivity contribution < 1.29 is 24.9 Å². The SMILES string of the molecule is CC(=O)N[C@H]1[C@H](N2CC[C@@H](O)[C@H](O)C2)C=C(C(=O)O)C[C@@H]1N. The van der Waals surface area contributed by atoms with Crippen LogP contribution in [0.25, 0.3) is 0 Å². The van der Waals surface area contributed by atoms with Crippen LogP contribution in [0.15, 0.2) is 11.6 Å². The highest BCUT2D eigenvalue weighted by Crippen LogP contribution is 2.25. The summed E-state index contributed by atoms with van der Waals surface area (Å²) >= 11 is 0. The number of aliphatic hydroxyl groups excluding tert-OH is 2. The lowest BCUT2D eigenvalue weighted by Crippen LogP contribution is -2.63. The molecule has 0 bridgehead atoms. The summed E-state index contributed by atoms with van der Waals surface area (Å²) in [4.78, 5) is 24.5. The first-order valence-electron chi connectivity index (χ1n) is 7.36. The largest absolute Gasteiger partial charge is 0.478 e. The number of hydrogen-bond acceptors (Lipinski definition) is 6. The number of amides is 1. The minimum Gasteiger partial charge on any atom is -0.478 e. The van der Waals surface area contributed by atoms with E-state index in [2.05, 4.69) is 5.32 Å². The van der Waals surface area contributed by atoms with Crippen LogP contribution in [0.2, 0.25) is 0 Å². The van der Waals surface area contributed by atoms with Crippen LogP contribution < -0.4 is 11.1 Å². The molecule has 0 saturated carbocycles. The van der Waals surface area contributed by atoms with Gasteiger partial charge in [-0.2, -0.15) is 0 Å². The van der Waals surface area contributed by atoms with Gasteiger partial charge in [0.2, 0.25) is 5.91 Å². The predicted octanol–water partition coefficient (Wildman–Crippen LogP) is -1.97. The van der Waals surface area contributed by atoms with Crippen LogP contribution >= 0.6 is 0 Å². The average Bonchev–Trinajstić information content (AvgIpc) is 2.43. The molecule has 8 nitrogen and oxygen atoms in total. The molecular formula is C14H23N3O5. The number of aliphatic hydroxyl groups is 2. The van der Waals surface area contributed by atoms with Crippen molar-refractivity contribution in [1.82, 2.24) is 10.2 Å². The summed E-state index contributed by atoms with van der Waals surface area (Å²) in [6, 6.07) is -1.36. The van der Waals surface area contributed by atoms with Gasteiger partial charge in [0.05, 0.1) is 24.3 Å². The minimum atomic E-state index is -1.03. The maximum atomic E-state index is 11.4. The molecule has 1 aliphatic heterocycles. The zero-order chi connectivity index (χ0) is 16.4. The number of nitrogens with zero attached hydrogens (tertiary/aromatic N) is 1. The van der Waals surface area contributed by atoms with E-state index in [1.54, 1.807) is 6.08 Å². The number of likely N-dealkylation sites (tertiary alicyclic amines) is 1. The number of rotatable bonds is 3. The van der Waals surface area contributed by atoms with E-state index in [-0.39, 0.29) is 24.4 Å². The van der Waals surface area contributed by atoms with Crippen LogP contribution in [0.3, 0.4) is 0 Å². The normalized spacial score (nSPS) is 36.5. The molecule has 0 spiro atoms. The summed E-state index contributed by atoms with van der Waals surface area (Å²) in [7, 11) is 0. The summed E-state index contributed by atoms with van der Waals surface area (Å²) in [5.74, 6) is -1.27. The number of nitrogens with two attached hydrogens (primary N) is 1. The lowest BCUT2D eigenvalue weighted by molar-refractivity contribution is -0.133. The first-order valence-corrected chi connectivity index (χ1v) is 7.36. The molecule has 22 heavy (non-hydrogen) atoms. The number of carbonyl (C=O) groups excluding carboxylic acids is 1. The molecule has 1 fully saturated rings. The highest BCUT2D eigenvalue weighted by molar-refractivity contribution is 5.87. The van der Waals surface area contributed by atoms with Gasteiger partial charge < -0.3 is 26.4 Å². The van der Waals surface area contributed by atoms with Gasteiger partial charge in [-0.15, -0.1) is 0 Å². The van der Waals surface area contributed by atoms with E-state index in [9.17, 15) is 24.9 Å². The van der Waals surface area contributed by atoms with Crippen LogP contribution in [-0.2, 0) is 9.59 Å². The maximum Gasteiger partial charge on any atom is 0.331 e. The lowest BCUT2D eigenvalue weighted by atomic mass is 9.85. The number of carboxylic acid groups (broad SMARTS) is 1. The van der Waals surface area contributed by atoms with Crippen LogP contribution in [0.1, 0.15) is 19.8 Å². The molecule has 0 radical (unpaired) electrons. The molecule has 1 amide bonds. The molecule has 5 atom stereocenters. The van der Waals surface area contributed by atoms with Gasteiger partial charge in [0, 0.05) is 31.6 Å². The topological polar surface area (TPSA) is 136 Å². The van der Waals surface area contributed by atoms with Gasteiger partial charge in [0.25, 0.3) is 0 Å². The minimum absolute atomic E-state index is 0.176. The van der Waals surface area contributed by atoms with E-state index in [4.69, 9.17) is 5.73 Å². The standard InChI is InChI=1S/C14H23N3O5/c1-7(18)16-13-9(15)4-8(14(21)22)5-10(13)17-3-2-11(19)12(20)6-17/h5,9-13,19-20H,2-4,6,15H2,1H3,(H,16,18)(H,21,22)/t9-,10+,11+,12+,13+/m0/s1. The Labute approximate surface area is 128 Å². The molecule has 1 aliphatic carbocycles. The van der Waals surface area contributed by atoms with Crippen molar-refractivity contribution in [3.05, 3.63) is 11.6 Å². The average molecular weight is 313 g/mol. The first-order chi connectivity index (χ1) is 10.3. The molecular weight excluding hydrogens is 290 g/mol. The van der Waals surface area contributed by atoms with Gasteiger partial charge >= 0.3 is 5.97 Å². The van der Waals surface area contributed by atoms with Crippen molar-refractivity contribution in [2.45, 2.75) is 50.1 Å². The second-order valence-corrected chi connectivity index (χ2v) is 6.00. The fraction of sp³-hybridized carbons (Fsp3) is 0.714. The number of β-amino-alcohol motifs (C(OH)–C–C–N with tert-alkyl or cyclic N) is 1. The maximum absolute atomic E-state index is 11.4. The molecule has 0 aromatic carbocycles. The Morgan fingerprint density at radius 1 is 1.36 bits per heavy atom. The van der Waals surface area contributed by atoms with E-state index >= 15 is 0 Å². The molecule has 0 unspecified atom stereocenters. The Kier molecular flexibility index (Phi) is 5.17. The summed E-state index contributed by atoms with van der Waals surface area (Å²) in [6.07, 6.45) is 0.477. The molecule has 2 aliphatic rings. The highest BCUT2D eigenvalue weighted by Gasteiger charge is 2.39. The molecule has 2 rings (SSSR count). The summed E-state index contributed by atoms with van der Waals surface area (Å²) in [5.41, 5.74) is 6.27. The predicted molar refractivity (Wildman–Crippen MR) is 77.9 cm³/mol. The van der Waals surface area contributed by atoms with Gasteiger partial charge in [-0.05, 0) is 12.8 Å². The Morgan fingerprint density at radius 2 is 2.05 bits per heavy atom. The smallest absolute Gasteiger partial charge is 0.331 e. The number of nitrogens with one attached hydrogen (secondary N) is 1. The van der Waals surface area contributed by atoms with E-state index in [1.807, 2.05) is 4.90 Å². The van der Waals surface area contributed by atoms with Crippen molar-refractivity contribution in [2.75, 3.05) is 13.1 Å². The van der Waals surface area contributed by atoms with Gasteiger partial charge in [-0.1, -0.05) is 6.08 Å². The zero-order valence-electron chi connectivity index (χ0n) is 12.5. The van der Waals surface area contributed by atoms with E-state index in [0.29, 0.717) is 13.0 Å². The molecule has 0 aromatic heterocycles. The molecule has 8 heteroatoms. The molecule has 124 valence electrons. The number of hydrogen-bond donors (Lipinski definition) is 5. The summed E-state index contributed by atoms with van der Waals surface area (Å²) < 4.78 is 0. The van der Waals surface area contributed by atoms with Crippen molar-refractivity contribution in [1.29, 1.82) is 0 Å². The molecule has 1 saturated heterocycles. The van der Waals surface area contributed by atoms with E-state index in [1.165, 1.54) is 6.92 Å². The molecule has 1 heterocycles. The Bertz CT molecular complexity index is 481. The van der Waals surface area contributed by atoms with E-state index < -0.39 is 36.3 Å². The van der Waals surface area contributed by atoms with Gasteiger partial charge in [0.1, 0.15) is 0 Å². The highest BCUT2D eigenvalue weighted by atomic mass is 16.4. The van der Waals surface area contributed by atoms with Gasteiger partial charge in [-0.3, -0.25) is 9.69 Å². The second kappa shape index (κ2) is 6.74. The van der Waals surface area contributed by atoms with Gasteiger partial charge in [0.15, 0.2) is 0 Å². The fourth-order valence-corrected chi connectivity index (χ4v) is 3.14. The Hall–Kier alpha value is -1.48. The monoisotopic (exact) mass is 313 g/mol. The third kappa shape index (κ3) is 3.64. The Balaban J connectivity index is 2.25. The Morgan fingerprint density at radius 3 is 2.59 bits per heavy atom. The van der Waals surface area contributed by atoms with E-state index in [0.717, 1.165) is 0 Å². The van der Waals surface area contributed by atoms with Crippen LogP contribution in [-0.4, -0.2) is 75.5 Å². The van der Waals surface area contributed by atoms with Crippen molar-refractivity contribution >= 4 is 11.9 Å². The summed E-state index contributed by atoms with van der Waals surface area (Å²) in [6.45, 7) is 2.09. The molecule has 6 N–H and O–H groups in total. The van der Waals surface area contributed by atoms with Crippen LogP contribution in [0, 0.1) is 0 Å². The number of aliphatic carboxylic acids is 1. The number of carbonyl (C=O) groups is 2. The summed E-state index contributed by atoms with van der Waals surface area (Å²) in [5, 5.41) is 31.4. The second-order valence-electron chi connectivity index (χ2n) is 6.00. The van der Waals surface area contributed by atoms with Crippen molar-refractivity contribution in [2.24, 2.45) is 5.73 Å². The third-order valence-corrected chi connectivity index (χ3v) is 4.30. The zero-order valence-corrected chi connectivity index (χ0v) is 12.5. The van der Waals surface area contributed by atoms with Crippen molar-refractivity contribution in [3.8, 4) is 0 Å². The molecule has 0 aromatic rings. The third-order valence-electron chi connectivity index (χ3n) is 4.30. The fourth-order valence-electron chi connectivity index (χ4n) is 3.14. The number of carboxylic acids is 1. The first kappa shape index (κ1) is 16.9. The van der Waals surface area contributed by atoms with Crippen molar-refractivity contribution in [3.63, 3.8) is 0 Å².